The van der Waals surface area contributed by atoms with Crippen LogP contribution in [0.25, 0.3) is 0 Å². The normalized spacial score (nSPS) is 12.7. The molecule has 2 nitrogen and oxygen atoms in total. The molecule has 2 aromatic heterocycles. The van der Waals surface area contributed by atoms with E-state index in [1.807, 2.05) is 36.7 Å². The molecular weight excluding hydrogens is 192 g/mol. The predicted molar refractivity (Wildman–Crippen MR) is 59.8 cm³/mol. The van der Waals surface area contributed by atoms with Crippen molar-refractivity contribution in [1.82, 2.24) is 9.97 Å². The Kier molecular flexibility index (Phi) is 2.59. The first-order chi connectivity index (χ1) is 6.77. The smallest absolute Gasteiger partial charge is 0.0490 e. The molecule has 0 aliphatic rings. The molecule has 14 heavy (non-hydrogen) atoms. The number of nitrogens with one attached hydrogen (secondary N) is 1. The van der Waals surface area contributed by atoms with Crippen LogP contribution < -0.4 is 0 Å². The van der Waals surface area contributed by atoms with Crippen molar-refractivity contribution in [3.05, 3.63) is 48.0 Å². The molecule has 2 aromatic rings. The number of H-pyrrole nitrogens is 1. The highest BCUT2D eigenvalue weighted by Gasteiger charge is 2.10. The molecule has 0 bridgehead atoms. The Morgan fingerprint density at radius 2 is 2.29 bits per heavy atom. The molecule has 0 aliphatic heterocycles. The number of rotatable bonds is 2. The second-order valence-corrected chi connectivity index (χ2v) is 3.81. The zero-order chi connectivity index (χ0) is 9.97. The van der Waals surface area contributed by atoms with E-state index in [1.54, 1.807) is 0 Å². The highest BCUT2D eigenvalue weighted by molar-refractivity contribution is 7.80. The van der Waals surface area contributed by atoms with Crippen LogP contribution >= 0.6 is 12.6 Å². The van der Waals surface area contributed by atoms with E-state index in [4.69, 9.17) is 0 Å². The van der Waals surface area contributed by atoms with Crippen molar-refractivity contribution >= 4 is 12.6 Å². The molecule has 0 amide bonds. The van der Waals surface area contributed by atoms with Crippen LogP contribution in [0.1, 0.15) is 24.2 Å². The second kappa shape index (κ2) is 3.88. The zero-order valence-corrected chi connectivity index (χ0v) is 8.83. The van der Waals surface area contributed by atoms with Crippen molar-refractivity contribution < 1.29 is 0 Å². The molecule has 0 saturated heterocycles. The Balaban J connectivity index is 2.29. The first kappa shape index (κ1) is 9.34. The second-order valence-electron chi connectivity index (χ2n) is 3.29. The van der Waals surface area contributed by atoms with Crippen molar-refractivity contribution in [2.24, 2.45) is 0 Å². The predicted octanol–water partition coefficient (Wildman–Crippen LogP) is 2.85. The maximum atomic E-state index is 4.32. The third-order valence-electron chi connectivity index (χ3n) is 2.29. The van der Waals surface area contributed by atoms with Crippen LogP contribution in [0.2, 0.25) is 0 Å². The minimum Gasteiger partial charge on any atom is -0.363 e. The number of pyridine rings is 1. The van der Waals surface area contributed by atoms with E-state index in [0.717, 1.165) is 16.3 Å². The summed E-state index contributed by atoms with van der Waals surface area (Å²) in [7, 11) is 0. The zero-order valence-electron chi connectivity index (χ0n) is 7.94. The van der Waals surface area contributed by atoms with Gasteiger partial charge in [0.05, 0.1) is 0 Å². The lowest BCUT2D eigenvalue weighted by molar-refractivity contribution is 0.841. The summed E-state index contributed by atoms with van der Waals surface area (Å²) in [5.74, 6) is 0.289. The fourth-order valence-corrected chi connectivity index (χ4v) is 1.64. The van der Waals surface area contributed by atoms with Crippen LogP contribution in [-0.4, -0.2) is 9.97 Å². The Hall–Kier alpha value is -1.22. The highest BCUT2D eigenvalue weighted by Crippen LogP contribution is 2.22. The molecule has 3 heteroatoms. The van der Waals surface area contributed by atoms with Gasteiger partial charge in [0.25, 0.3) is 0 Å². The van der Waals surface area contributed by atoms with E-state index in [2.05, 4.69) is 29.5 Å². The van der Waals surface area contributed by atoms with Gasteiger partial charge in [-0.25, -0.2) is 0 Å². The molecule has 72 valence electrons. The molecule has 1 N–H and O–H groups in total. The molecule has 0 saturated carbocycles. The number of hydrogen-bond donors (Lipinski definition) is 2. The average molecular weight is 204 g/mol. The van der Waals surface area contributed by atoms with E-state index in [0.29, 0.717) is 0 Å². The SMILES string of the molecule is CC(c1ccccn1)c1cc(S)c[nH]1. The van der Waals surface area contributed by atoms with Gasteiger partial charge in [-0.2, -0.15) is 0 Å². The monoisotopic (exact) mass is 204 g/mol. The van der Waals surface area contributed by atoms with Crippen molar-refractivity contribution in [2.45, 2.75) is 17.7 Å². The fourth-order valence-electron chi connectivity index (χ4n) is 1.44. The lowest BCUT2D eigenvalue weighted by atomic mass is 10.0. The van der Waals surface area contributed by atoms with Gasteiger partial charge in [-0.05, 0) is 18.2 Å². The molecule has 0 aromatic carbocycles. The van der Waals surface area contributed by atoms with Gasteiger partial charge < -0.3 is 4.98 Å². The maximum Gasteiger partial charge on any atom is 0.0490 e. The molecule has 2 heterocycles. The molecule has 2 rings (SSSR count). The van der Waals surface area contributed by atoms with Gasteiger partial charge in [0.15, 0.2) is 0 Å². The van der Waals surface area contributed by atoms with E-state index < -0.39 is 0 Å². The highest BCUT2D eigenvalue weighted by atomic mass is 32.1. The van der Waals surface area contributed by atoms with Crippen molar-refractivity contribution in [3.63, 3.8) is 0 Å². The summed E-state index contributed by atoms with van der Waals surface area (Å²) in [5, 5.41) is 0. The largest absolute Gasteiger partial charge is 0.363 e. The first-order valence-corrected chi connectivity index (χ1v) is 5.00. The summed E-state index contributed by atoms with van der Waals surface area (Å²) < 4.78 is 0. The van der Waals surface area contributed by atoms with Gasteiger partial charge in [0, 0.05) is 34.6 Å². The average Bonchev–Trinajstić information content (AvgIpc) is 2.65. The van der Waals surface area contributed by atoms with E-state index >= 15 is 0 Å². The van der Waals surface area contributed by atoms with Crippen molar-refractivity contribution in [1.29, 1.82) is 0 Å². The van der Waals surface area contributed by atoms with E-state index in [-0.39, 0.29) is 5.92 Å². The Bertz CT molecular complexity index is 408. The van der Waals surface area contributed by atoms with Crippen LogP contribution in [0.4, 0.5) is 0 Å². The van der Waals surface area contributed by atoms with Crippen LogP contribution in [-0.2, 0) is 0 Å². The van der Waals surface area contributed by atoms with Crippen LogP contribution in [0.3, 0.4) is 0 Å². The van der Waals surface area contributed by atoms with E-state index in [9.17, 15) is 0 Å². The van der Waals surface area contributed by atoms with E-state index in [1.165, 1.54) is 0 Å². The van der Waals surface area contributed by atoms with Crippen LogP contribution in [0.5, 0.6) is 0 Å². The van der Waals surface area contributed by atoms with Crippen LogP contribution in [0.15, 0.2) is 41.6 Å². The molecule has 1 atom stereocenters. The number of aromatic nitrogens is 2. The molecule has 0 fully saturated rings. The maximum absolute atomic E-state index is 4.32. The molecule has 0 spiro atoms. The minimum atomic E-state index is 0.289. The first-order valence-electron chi connectivity index (χ1n) is 4.55. The Labute approximate surface area is 88.8 Å². The topological polar surface area (TPSA) is 28.7 Å². The van der Waals surface area contributed by atoms with Gasteiger partial charge in [-0.3, -0.25) is 4.98 Å². The Morgan fingerprint density at radius 3 is 2.86 bits per heavy atom. The summed E-state index contributed by atoms with van der Waals surface area (Å²) in [6.45, 7) is 2.13. The van der Waals surface area contributed by atoms with Gasteiger partial charge in [0.1, 0.15) is 0 Å². The molecular formula is C11H12N2S. The number of hydrogen-bond acceptors (Lipinski definition) is 2. The van der Waals surface area contributed by atoms with Gasteiger partial charge >= 0.3 is 0 Å². The summed E-state index contributed by atoms with van der Waals surface area (Å²) in [6.07, 6.45) is 3.70. The number of thiol groups is 1. The minimum absolute atomic E-state index is 0.289. The van der Waals surface area contributed by atoms with Crippen molar-refractivity contribution in [3.8, 4) is 0 Å². The lowest BCUT2D eigenvalue weighted by Gasteiger charge is -2.07. The molecule has 0 radical (unpaired) electrons. The lowest BCUT2D eigenvalue weighted by Crippen LogP contribution is -1.98. The summed E-state index contributed by atoms with van der Waals surface area (Å²) >= 11 is 4.26. The van der Waals surface area contributed by atoms with Gasteiger partial charge in [-0.15, -0.1) is 12.6 Å². The van der Waals surface area contributed by atoms with Gasteiger partial charge in [0.2, 0.25) is 0 Å². The third-order valence-corrected chi connectivity index (χ3v) is 2.55. The fraction of sp³-hybridized carbons (Fsp3) is 0.182. The third kappa shape index (κ3) is 1.82. The number of nitrogens with zero attached hydrogens (tertiary/aromatic N) is 1. The molecule has 1 unspecified atom stereocenters. The summed E-state index contributed by atoms with van der Waals surface area (Å²) in [6, 6.07) is 7.99. The Morgan fingerprint density at radius 1 is 1.43 bits per heavy atom. The summed E-state index contributed by atoms with van der Waals surface area (Å²) in [5.41, 5.74) is 2.22. The standard InChI is InChI=1S/C11H12N2S/c1-8(10-4-2-3-5-12-10)11-6-9(14)7-13-11/h2-8,13-14H,1H3. The van der Waals surface area contributed by atoms with Gasteiger partial charge in [-0.1, -0.05) is 13.0 Å². The van der Waals surface area contributed by atoms with Crippen molar-refractivity contribution in [2.75, 3.05) is 0 Å². The summed E-state index contributed by atoms with van der Waals surface area (Å²) in [4.78, 5) is 8.47. The number of aromatic amines is 1. The quantitative estimate of drug-likeness (QED) is 0.723. The molecule has 0 aliphatic carbocycles. The van der Waals surface area contributed by atoms with Crippen LogP contribution in [0, 0.1) is 0 Å².